The zero-order valence-electron chi connectivity index (χ0n) is 24.2. The Kier molecular flexibility index (Phi) is 27.0. The van der Waals surface area contributed by atoms with Gasteiger partial charge in [0.1, 0.15) is 0 Å². The second-order valence-electron chi connectivity index (χ2n) is 12.2. The van der Waals surface area contributed by atoms with Crippen molar-refractivity contribution in [3.05, 3.63) is 6.04 Å². The molecule has 0 N–H and O–H groups in total. The topological polar surface area (TPSA) is 0 Å². The van der Waals surface area contributed by atoms with E-state index in [2.05, 4.69) is 32.6 Å². The van der Waals surface area contributed by atoms with E-state index in [9.17, 15) is 0 Å². The quantitative estimate of drug-likeness (QED) is 0.0772. The second kappa shape index (κ2) is 26.8. The van der Waals surface area contributed by atoms with E-state index in [1.807, 2.05) is 0 Å². The maximum Gasteiger partial charge on any atom is 0.0473 e. The summed E-state index contributed by atoms with van der Waals surface area (Å²) in [7, 11) is -0.903. The molecule has 0 saturated heterocycles. The van der Waals surface area contributed by atoms with Crippen LogP contribution in [0.3, 0.4) is 0 Å². The number of unbranched alkanes of at least 4 members (excludes halogenated alkanes) is 26. The Bertz CT molecular complexity index is 343. The molecule has 0 aromatic heterocycles. The molecule has 1 heteroatoms. The minimum Gasteiger partial charge on any atom is -0.0693 e. The Morgan fingerprint density at radius 3 is 0.758 bits per heavy atom. The van der Waals surface area contributed by atoms with E-state index < -0.39 is 8.07 Å². The third-order valence-electron chi connectivity index (χ3n) is 7.31. The average Bonchev–Trinajstić information content (AvgIpc) is 2.78. The van der Waals surface area contributed by atoms with Gasteiger partial charge in [-0.05, 0) is 6.04 Å². The minimum absolute atomic E-state index is 0.903. The van der Waals surface area contributed by atoms with Crippen LogP contribution in [0.4, 0.5) is 0 Å². The molecule has 0 aliphatic heterocycles. The van der Waals surface area contributed by atoms with Crippen molar-refractivity contribution in [1.82, 2.24) is 0 Å². The molecule has 0 bridgehead atoms. The van der Waals surface area contributed by atoms with Crippen molar-refractivity contribution in [3.8, 4) is 0 Å². The van der Waals surface area contributed by atoms with E-state index in [1.54, 1.807) is 0 Å². The van der Waals surface area contributed by atoms with Crippen LogP contribution >= 0.6 is 0 Å². The number of hydrogen-bond donors (Lipinski definition) is 0. The van der Waals surface area contributed by atoms with Gasteiger partial charge >= 0.3 is 0 Å². The summed E-state index contributed by atoms with van der Waals surface area (Å²) >= 11 is 0. The monoisotopic (exact) mass is 480 g/mol. The maximum atomic E-state index is 2.63. The molecule has 0 fully saturated rings. The van der Waals surface area contributed by atoms with E-state index >= 15 is 0 Å². The normalized spacial score (nSPS) is 12.0. The molecule has 0 atom stereocenters. The van der Waals surface area contributed by atoms with Gasteiger partial charge in [-0.1, -0.05) is 200 Å². The zero-order valence-corrected chi connectivity index (χ0v) is 25.2. The Hall–Kier alpha value is 0.217. The molecule has 0 rings (SSSR count). The SMILES string of the molecule is CCCCCCCCCCCCCCCCCCCCCCCCCCCC[CH][Si](C)(C)C. The predicted molar refractivity (Wildman–Crippen MR) is 158 cm³/mol. The molecule has 0 aromatic rings. The molecular weight excluding hydrogens is 412 g/mol. The van der Waals surface area contributed by atoms with Crippen molar-refractivity contribution in [2.75, 3.05) is 0 Å². The van der Waals surface area contributed by atoms with Crippen LogP contribution < -0.4 is 0 Å². The van der Waals surface area contributed by atoms with E-state index in [1.165, 1.54) is 173 Å². The fourth-order valence-electron chi connectivity index (χ4n) is 5.00. The fourth-order valence-corrected chi connectivity index (χ4v) is 6.07. The maximum absolute atomic E-state index is 2.63. The largest absolute Gasteiger partial charge is 0.0693 e. The summed E-state index contributed by atoms with van der Waals surface area (Å²) in [5.74, 6) is 0. The predicted octanol–water partition coefficient (Wildman–Crippen LogP) is 12.6. The van der Waals surface area contributed by atoms with Crippen LogP contribution in [0.25, 0.3) is 0 Å². The molecule has 0 unspecified atom stereocenters. The van der Waals surface area contributed by atoms with Gasteiger partial charge < -0.3 is 0 Å². The van der Waals surface area contributed by atoms with Crippen LogP contribution in [0.5, 0.6) is 0 Å². The average molecular weight is 480 g/mol. The first-order valence-corrected chi connectivity index (χ1v) is 19.5. The first-order valence-electron chi connectivity index (χ1n) is 15.9. The minimum atomic E-state index is -0.903. The third kappa shape index (κ3) is 32.2. The van der Waals surface area contributed by atoms with E-state index in [4.69, 9.17) is 0 Å². The Balaban J connectivity index is 3.03. The van der Waals surface area contributed by atoms with Crippen LogP contribution in [0, 0.1) is 6.04 Å². The molecule has 0 spiro atoms. The van der Waals surface area contributed by atoms with Crippen molar-refractivity contribution in [3.63, 3.8) is 0 Å². The molecule has 0 nitrogen and oxygen atoms in total. The van der Waals surface area contributed by atoms with Gasteiger partial charge in [0.15, 0.2) is 0 Å². The van der Waals surface area contributed by atoms with Gasteiger partial charge in [-0.15, -0.1) is 0 Å². The van der Waals surface area contributed by atoms with Gasteiger partial charge in [0.2, 0.25) is 0 Å². The molecule has 33 heavy (non-hydrogen) atoms. The van der Waals surface area contributed by atoms with Crippen LogP contribution in [0.15, 0.2) is 0 Å². The zero-order chi connectivity index (χ0) is 24.3. The van der Waals surface area contributed by atoms with Crippen LogP contribution in [0.1, 0.15) is 180 Å². The number of rotatable bonds is 28. The van der Waals surface area contributed by atoms with Crippen LogP contribution in [-0.2, 0) is 0 Å². The molecule has 0 saturated carbocycles. The third-order valence-corrected chi connectivity index (χ3v) is 8.83. The summed E-state index contributed by atoms with van der Waals surface area (Å²) in [5.41, 5.74) is 0. The molecule has 0 heterocycles. The van der Waals surface area contributed by atoms with Crippen molar-refractivity contribution >= 4 is 8.07 Å². The number of hydrogen-bond acceptors (Lipinski definition) is 0. The van der Waals surface area contributed by atoms with E-state index in [0.717, 1.165) is 0 Å². The second-order valence-corrected chi connectivity index (χ2v) is 17.3. The first kappa shape index (κ1) is 33.2. The first-order chi connectivity index (χ1) is 16.1. The highest BCUT2D eigenvalue weighted by Crippen LogP contribution is 2.17. The summed E-state index contributed by atoms with van der Waals surface area (Å²) in [6.07, 6.45) is 39.8. The molecule has 0 amide bonds. The van der Waals surface area contributed by atoms with E-state index in [0.29, 0.717) is 0 Å². The summed E-state index contributed by atoms with van der Waals surface area (Å²) < 4.78 is 0. The molecule has 0 aliphatic rings. The standard InChI is InChI=1S/C32H67Si/c1-5-6-7-8-9-10-11-12-13-14-15-16-17-18-19-20-21-22-23-24-25-26-27-28-29-30-31-32-33(2,3)4/h32H,5-31H2,1-4H3. The smallest absolute Gasteiger partial charge is 0.0473 e. The lowest BCUT2D eigenvalue weighted by molar-refractivity contribution is 0.515. The Labute approximate surface area is 213 Å². The van der Waals surface area contributed by atoms with Crippen molar-refractivity contribution in [2.24, 2.45) is 0 Å². The van der Waals surface area contributed by atoms with Crippen molar-refractivity contribution in [2.45, 2.75) is 200 Å². The lowest BCUT2D eigenvalue weighted by Crippen LogP contribution is -2.20. The van der Waals surface area contributed by atoms with Gasteiger partial charge in [-0.3, -0.25) is 0 Å². The van der Waals surface area contributed by atoms with Crippen molar-refractivity contribution < 1.29 is 0 Å². The Morgan fingerprint density at radius 2 is 0.545 bits per heavy atom. The highest BCUT2D eigenvalue weighted by molar-refractivity contribution is 6.79. The molecular formula is C32H67Si. The van der Waals surface area contributed by atoms with Crippen molar-refractivity contribution in [1.29, 1.82) is 0 Å². The lowest BCUT2D eigenvalue weighted by Gasteiger charge is -2.14. The van der Waals surface area contributed by atoms with Gasteiger partial charge in [0.05, 0.1) is 0 Å². The molecule has 0 aromatic carbocycles. The summed E-state index contributed by atoms with van der Waals surface area (Å²) in [6, 6.07) is 2.63. The summed E-state index contributed by atoms with van der Waals surface area (Å²) in [6.45, 7) is 9.66. The van der Waals surface area contributed by atoms with Gasteiger partial charge in [0.25, 0.3) is 0 Å². The highest BCUT2D eigenvalue weighted by Gasteiger charge is 2.11. The molecule has 199 valence electrons. The fraction of sp³-hybridized carbons (Fsp3) is 0.969. The lowest BCUT2D eigenvalue weighted by atomic mass is 10.0. The van der Waals surface area contributed by atoms with Gasteiger partial charge in [-0.25, -0.2) is 0 Å². The van der Waals surface area contributed by atoms with Gasteiger partial charge in [0, 0.05) is 8.07 Å². The summed E-state index contributed by atoms with van der Waals surface area (Å²) in [4.78, 5) is 0. The molecule has 1 radical (unpaired) electrons. The Morgan fingerprint density at radius 1 is 0.333 bits per heavy atom. The van der Waals surface area contributed by atoms with Crippen LogP contribution in [-0.4, -0.2) is 8.07 Å². The summed E-state index contributed by atoms with van der Waals surface area (Å²) in [5, 5.41) is 0. The van der Waals surface area contributed by atoms with Gasteiger partial charge in [-0.2, -0.15) is 0 Å². The molecule has 0 aliphatic carbocycles. The van der Waals surface area contributed by atoms with Crippen LogP contribution in [0.2, 0.25) is 19.6 Å². The van der Waals surface area contributed by atoms with E-state index in [-0.39, 0.29) is 0 Å². The highest BCUT2D eigenvalue weighted by atomic mass is 28.3.